The Morgan fingerprint density at radius 3 is 2.71 bits per heavy atom. The van der Waals surface area contributed by atoms with Crippen LogP contribution in [0, 0.1) is 5.92 Å². The zero-order chi connectivity index (χ0) is 12.3. The Hall–Kier alpha value is -0.940. The van der Waals surface area contributed by atoms with Crippen LogP contribution in [0.3, 0.4) is 0 Å². The van der Waals surface area contributed by atoms with Crippen LogP contribution in [0.1, 0.15) is 32.6 Å². The van der Waals surface area contributed by atoms with Gasteiger partial charge >= 0.3 is 5.97 Å². The van der Waals surface area contributed by atoms with Gasteiger partial charge in [0.05, 0.1) is 19.8 Å². The molecule has 1 saturated heterocycles. The van der Waals surface area contributed by atoms with Crippen LogP contribution in [0.2, 0.25) is 0 Å². The van der Waals surface area contributed by atoms with Crippen molar-refractivity contribution >= 4 is 11.8 Å². The molecule has 5 heteroatoms. The Bertz CT molecular complexity index is 306. The van der Waals surface area contributed by atoms with Crippen LogP contribution in [-0.2, 0) is 23.8 Å². The normalized spacial score (nSPS) is 26.3. The lowest BCUT2D eigenvalue weighted by Gasteiger charge is -2.21. The molecule has 1 aliphatic carbocycles. The summed E-state index contributed by atoms with van der Waals surface area (Å²) < 4.78 is 15.9. The van der Waals surface area contributed by atoms with Crippen LogP contribution in [-0.4, -0.2) is 37.4 Å². The van der Waals surface area contributed by atoms with Gasteiger partial charge in [0.1, 0.15) is 12.2 Å². The fraction of sp³-hybridized carbons (Fsp3) is 0.833. The Balaban J connectivity index is 1.83. The van der Waals surface area contributed by atoms with Crippen molar-refractivity contribution in [3.63, 3.8) is 0 Å². The van der Waals surface area contributed by atoms with Crippen molar-refractivity contribution in [3.05, 3.63) is 0 Å². The number of hydrogen-bond donors (Lipinski definition) is 0. The van der Waals surface area contributed by atoms with Gasteiger partial charge in [0.2, 0.25) is 0 Å². The third kappa shape index (κ3) is 2.84. The zero-order valence-corrected chi connectivity index (χ0v) is 10.1. The van der Waals surface area contributed by atoms with Crippen LogP contribution in [0.15, 0.2) is 0 Å². The van der Waals surface area contributed by atoms with Crippen LogP contribution in [0.4, 0.5) is 0 Å². The van der Waals surface area contributed by atoms with E-state index in [9.17, 15) is 9.59 Å². The minimum atomic E-state index is -0.547. The third-order valence-electron chi connectivity index (χ3n) is 3.32. The second-order valence-electron chi connectivity index (χ2n) is 4.50. The maximum atomic E-state index is 11.9. The van der Waals surface area contributed by atoms with E-state index in [-0.39, 0.29) is 18.1 Å². The molecular formula is C12H18O5. The van der Waals surface area contributed by atoms with E-state index in [1.54, 1.807) is 6.92 Å². The second kappa shape index (κ2) is 5.14. The average Bonchev–Trinajstić information content (AvgIpc) is 2.90. The van der Waals surface area contributed by atoms with Crippen molar-refractivity contribution in [2.45, 2.75) is 38.4 Å². The largest absolute Gasteiger partial charge is 0.466 e. The molecule has 1 aliphatic heterocycles. The van der Waals surface area contributed by atoms with E-state index in [4.69, 9.17) is 14.2 Å². The molecule has 1 spiro atoms. The van der Waals surface area contributed by atoms with Gasteiger partial charge in [0.25, 0.3) is 0 Å². The molecule has 0 amide bonds. The van der Waals surface area contributed by atoms with Crippen molar-refractivity contribution in [1.82, 2.24) is 0 Å². The van der Waals surface area contributed by atoms with Crippen molar-refractivity contribution in [1.29, 1.82) is 0 Å². The smallest absolute Gasteiger partial charge is 0.313 e. The molecule has 1 heterocycles. The summed E-state index contributed by atoms with van der Waals surface area (Å²) in [5.74, 6) is -1.17. The molecule has 0 unspecified atom stereocenters. The molecule has 0 bridgehead atoms. The number of carbonyl (C=O) groups is 2. The molecule has 2 rings (SSSR count). The van der Waals surface area contributed by atoms with Crippen molar-refractivity contribution < 1.29 is 23.8 Å². The number of ketones is 1. The molecule has 0 aromatic rings. The van der Waals surface area contributed by atoms with E-state index in [1.165, 1.54) is 0 Å². The zero-order valence-electron chi connectivity index (χ0n) is 10.1. The molecular weight excluding hydrogens is 224 g/mol. The standard InChI is InChI=1S/C12H18O5/c1-2-15-11(14)7-10(13)9-3-4-12(8-9)16-5-6-17-12/h9H,2-8H2,1H3/t9-/m0/s1. The Kier molecular flexibility index (Phi) is 3.79. The van der Waals surface area contributed by atoms with Gasteiger partial charge in [0.15, 0.2) is 5.79 Å². The lowest BCUT2D eigenvalue weighted by molar-refractivity contribution is -0.156. The quantitative estimate of drug-likeness (QED) is 0.544. The first-order chi connectivity index (χ1) is 8.15. The summed E-state index contributed by atoms with van der Waals surface area (Å²) in [6.45, 7) is 3.23. The van der Waals surface area contributed by atoms with E-state index in [0.29, 0.717) is 26.2 Å². The van der Waals surface area contributed by atoms with Gasteiger partial charge in [-0.1, -0.05) is 0 Å². The molecule has 1 saturated carbocycles. The highest BCUT2D eigenvalue weighted by molar-refractivity contribution is 5.96. The molecule has 96 valence electrons. The lowest BCUT2D eigenvalue weighted by atomic mass is 10.00. The van der Waals surface area contributed by atoms with Crippen LogP contribution < -0.4 is 0 Å². The van der Waals surface area contributed by atoms with Gasteiger partial charge in [-0.3, -0.25) is 9.59 Å². The van der Waals surface area contributed by atoms with Gasteiger partial charge in [-0.05, 0) is 13.3 Å². The first-order valence-corrected chi connectivity index (χ1v) is 6.11. The summed E-state index contributed by atoms with van der Waals surface area (Å²) in [5, 5.41) is 0. The van der Waals surface area contributed by atoms with Gasteiger partial charge in [-0.25, -0.2) is 0 Å². The van der Waals surface area contributed by atoms with Gasteiger partial charge < -0.3 is 14.2 Å². The number of hydrogen-bond acceptors (Lipinski definition) is 5. The number of carbonyl (C=O) groups excluding carboxylic acids is 2. The van der Waals surface area contributed by atoms with Crippen LogP contribution in [0.25, 0.3) is 0 Å². The predicted molar refractivity (Wildman–Crippen MR) is 58.2 cm³/mol. The van der Waals surface area contributed by atoms with E-state index < -0.39 is 11.8 Å². The fourth-order valence-corrected chi connectivity index (χ4v) is 2.51. The molecule has 0 aromatic heterocycles. The van der Waals surface area contributed by atoms with Crippen molar-refractivity contribution in [2.75, 3.05) is 19.8 Å². The molecule has 17 heavy (non-hydrogen) atoms. The monoisotopic (exact) mass is 242 g/mol. The fourth-order valence-electron chi connectivity index (χ4n) is 2.51. The first-order valence-electron chi connectivity index (χ1n) is 6.11. The van der Waals surface area contributed by atoms with Gasteiger partial charge in [-0.15, -0.1) is 0 Å². The minimum absolute atomic E-state index is 0.0561. The van der Waals surface area contributed by atoms with E-state index >= 15 is 0 Å². The summed E-state index contributed by atoms with van der Waals surface area (Å²) >= 11 is 0. The number of Topliss-reactive ketones (excluding diaryl/α,β-unsaturated/α-hetero) is 1. The third-order valence-corrected chi connectivity index (χ3v) is 3.32. The van der Waals surface area contributed by atoms with Crippen LogP contribution in [0.5, 0.6) is 0 Å². The highest BCUT2D eigenvalue weighted by Crippen LogP contribution is 2.41. The summed E-state index contributed by atoms with van der Waals surface area (Å²) in [7, 11) is 0. The summed E-state index contributed by atoms with van der Waals surface area (Å²) in [6.07, 6.45) is 1.92. The maximum Gasteiger partial charge on any atom is 0.313 e. The molecule has 0 aromatic carbocycles. The van der Waals surface area contributed by atoms with Gasteiger partial charge in [0, 0.05) is 18.8 Å². The molecule has 2 aliphatic rings. The Morgan fingerprint density at radius 2 is 2.06 bits per heavy atom. The highest BCUT2D eigenvalue weighted by atomic mass is 16.7. The average molecular weight is 242 g/mol. The van der Waals surface area contributed by atoms with Gasteiger partial charge in [-0.2, -0.15) is 0 Å². The van der Waals surface area contributed by atoms with Crippen molar-refractivity contribution in [3.8, 4) is 0 Å². The summed E-state index contributed by atoms with van der Waals surface area (Å²) in [6, 6.07) is 0. The number of ether oxygens (including phenoxy) is 3. The van der Waals surface area contributed by atoms with Crippen molar-refractivity contribution in [2.24, 2.45) is 5.92 Å². The maximum absolute atomic E-state index is 11.9. The minimum Gasteiger partial charge on any atom is -0.466 e. The molecule has 1 atom stereocenters. The predicted octanol–water partition coefficient (Wildman–Crippen LogP) is 1.05. The number of rotatable bonds is 4. The summed E-state index contributed by atoms with van der Waals surface area (Å²) in [5.41, 5.74) is 0. The summed E-state index contributed by atoms with van der Waals surface area (Å²) in [4.78, 5) is 23.1. The highest BCUT2D eigenvalue weighted by Gasteiger charge is 2.46. The second-order valence-corrected chi connectivity index (χ2v) is 4.50. The molecule has 0 N–H and O–H groups in total. The van der Waals surface area contributed by atoms with E-state index in [1.807, 2.05) is 0 Å². The molecule has 2 fully saturated rings. The lowest BCUT2D eigenvalue weighted by Crippen LogP contribution is -2.27. The topological polar surface area (TPSA) is 61.8 Å². The molecule has 5 nitrogen and oxygen atoms in total. The van der Waals surface area contributed by atoms with E-state index in [0.717, 1.165) is 12.8 Å². The molecule has 0 radical (unpaired) electrons. The SMILES string of the molecule is CCOC(=O)CC(=O)[C@H]1CCC2(C1)OCCO2. The Morgan fingerprint density at radius 1 is 1.35 bits per heavy atom. The first kappa shape index (κ1) is 12.5. The number of esters is 1. The van der Waals surface area contributed by atoms with E-state index in [2.05, 4.69) is 0 Å². The Labute approximate surface area is 100 Å². The van der Waals surface area contributed by atoms with Crippen LogP contribution >= 0.6 is 0 Å².